The van der Waals surface area contributed by atoms with Gasteiger partial charge in [-0.1, -0.05) is 0 Å². The van der Waals surface area contributed by atoms with Crippen molar-refractivity contribution in [2.75, 3.05) is 13.7 Å². The molecule has 0 unspecified atom stereocenters. The van der Waals surface area contributed by atoms with Gasteiger partial charge in [0.1, 0.15) is 0 Å². The van der Waals surface area contributed by atoms with Gasteiger partial charge in [0.25, 0.3) is 0 Å². The molecule has 4 nitrogen and oxygen atoms in total. The second-order valence-corrected chi connectivity index (χ2v) is 2.85. The van der Waals surface area contributed by atoms with Crippen molar-refractivity contribution in [1.29, 1.82) is 0 Å². The summed E-state index contributed by atoms with van der Waals surface area (Å²) in [6.07, 6.45) is -5.39. The fourth-order valence-corrected chi connectivity index (χ4v) is 0.923. The van der Waals surface area contributed by atoms with Crippen LogP contribution in [0.2, 0.25) is 0 Å². The predicted molar refractivity (Wildman–Crippen MR) is 43.3 cm³/mol. The number of esters is 1. The maximum atomic E-state index is 12.4. The molecular formula is C7H13F3N2O2. The number of alkyl halides is 3. The molecule has 0 aliphatic carbocycles. The van der Waals surface area contributed by atoms with Crippen molar-refractivity contribution in [3.8, 4) is 0 Å². The number of ether oxygens (including phenoxy) is 1. The van der Waals surface area contributed by atoms with Crippen LogP contribution in [0.5, 0.6) is 0 Å². The zero-order chi connectivity index (χ0) is 11.4. The van der Waals surface area contributed by atoms with Crippen LogP contribution in [0.4, 0.5) is 13.2 Å². The van der Waals surface area contributed by atoms with Gasteiger partial charge in [0, 0.05) is 0 Å². The monoisotopic (exact) mass is 214 g/mol. The van der Waals surface area contributed by atoms with Gasteiger partial charge in [0.15, 0.2) is 0 Å². The van der Waals surface area contributed by atoms with E-state index >= 15 is 0 Å². The third-order valence-corrected chi connectivity index (χ3v) is 1.83. The first-order chi connectivity index (χ1) is 6.29. The van der Waals surface area contributed by atoms with Gasteiger partial charge in [-0.3, -0.25) is 0 Å². The van der Waals surface area contributed by atoms with Crippen molar-refractivity contribution in [2.24, 2.45) is 11.5 Å². The van der Waals surface area contributed by atoms with E-state index in [0.29, 0.717) is 0 Å². The predicted octanol–water partition coefficient (Wildman–Crippen LogP) is 0.158. The lowest BCUT2D eigenvalue weighted by atomic mass is 9.94. The number of rotatable bonds is 4. The second-order valence-electron chi connectivity index (χ2n) is 2.85. The normalized spacial score (nSPS) is 16.1. The first-order valence-corrected chi connectivity index (χ1v) is 3.93. The van der Waals surface area contributed by atoms with E-state index < -0.39 is 24.1 Å². The smallest absolute Gasteiger partial charge is 0.417 e. The molecule has 0 saturated carbocycles. The quantitative estimate of drug-likeness (QED) is 0.653. The fraction of sp³-hybridized carbons (Fsp3) is 0.857. The van der Waals surface area contributed by atoms with Gasteiger partial charge in [-0.15, -0.1) is 0 Å². The molecule has 14 heavy (non-hydrogen) atoms. The minimum Gasteiger partial charge on any atom is -0.467 e. The van der Waals surface area contributed by atoms with Crippen LogP contribution in [0.25, 0.3) is 0 Å². The highest BCUT2D eigenvalue weighted by Crippen LogP contribution is 2.32. The standard InChI is InChI=1S/C7H13F3N2O2/c1-14-5(13)6(12,3-2-4-11)7(8,9)10/h2-4,11-12H2,1H3/t6-/m1/s1. The Hall–Kier alpha value is -0.820. The summed E-state index contributed by atoms with van der Waals surface area (Å²) in [7, 11) is 0.859. The first kappa shape index (κ1) is 13.2. The third kappa shape index (κ3) is 2.58. The molecule has 0 radical (unpaired) electrons. The molecule has 4 N–H and O–H groups in total. The van der Waals surface area contributed by atoms with E-state index in [1.807, 2.05) is 0 Å². The van der Waals surface area contributed by atoms with Crippen LogP contribution in [-0.2, 0) is 9.53 Å². The summed E-state index contributed by atoms with van der Waals surface area (Å²) in [6.45, 7) is 0.0338. The van der Waals surface area contributed by atoms with Crippen molar-refractivity contribution in [3.05, 3.63) is 0 Å². The molecule has 1 atom stereocenters. The zero-order valence-corrected chi connectivity index (χ0v) is 7.73. The summed E-state index contributed by atoms with van der Waals surface area (Å²) in [5.74, 6) is -1.49. The average Bonchev–Trinajstić information content (AvgIpc) is 2.10. The van der Waals surface area contributed by atoms with Crippen LogP contribution in [0, 0.1) is 0 Å². The largest absolute Gasteiger partial charge is 0.467 e. The third-order valence-electron chi connectivity index (χ3n) is 1.83. The molecule has 0 aromatic carbocycles. The Morgan fingerprint density at radius 2 is 1.93 bits per heavy atom. The zero-order valence-electron chi connectivity index (χ0n) is 7.73. The molecule has 84 valence electrons. The van der Waals surface area contributed by atoms with E-state index in [1.165, 1.54) is 0 Å². The van der Waals surface area contributed by atoms with Crippen molar-refractivity contribution < 1.29 is 22.7 Å². The van der Waals surface area contributed by atoms with Crippen molar-refractivity contribution in [2.45, 2.75) is 24.6 Å². The molecule has 0 aliphatic heterocycles. The van der Waals surface area contributed by atoms with Crippen LogP contribution >= 0.6 is 0 Å². The number of methoxy groups -OCH3 is 1. The van der Waals surface area contributed by atoms with Gasteiger partial charge in [0.2, 0.25) is 5.54 Å². The highest BCUT2D eigenvalue weighted by atomic mass is 19.4. The lowest BCUT2D eigenvalue weighted by molar-refractivity contribution is -0.205. The van der Waals surface area contributed by atoms with Crippen molar-refractivity contribution in [3.63, 3.8) is 0 Å². The van der Waals surface area contributed by atoms with Gasteiger partial charge in [0.05, 0.1) is 7.11 Å². The van der Waals surface area contributed by atoms with Crippen molar-refractivity contribution in [1.82, 2.24) is 0 Å². The number of carbonyl (C=O) groups is 1. The summed E-state index contributed by atoms with van der Waals surface area (Å²) < 4.78 is 41.2. The Morgan fingerprint density at radius 1 is 1.43 bits per heavy atom. The lowest BCUT2D eigenvalue weighted by Crippen LogP contribution is -2.60. The highest BCUT2D eigenvalue weighted by Gasteiger charge is 2.58. The molecule has 0 heterocycles. The summed E-state index contributed by atoms with van der Waals surface area (Å²) in [5.41, 5.74) is 7.06. The van der Waals surface area contributed by atoms with E-state index in [1.54, 1.807) is 0 Å². The molecule has 0 fully saturated rings. The first-order valence-electron chi connectivity index (χ1n) is 3.93. The fourth-order valence-electron chi connectivity index (χ4n) is 0.923. The van der Waals surface area contributed by atoms with Gasteiger partial charge in [-0.2, -0.15) is 13.2 Å². The Bertz CT molecular complexity index is 208. The van der Waals surface area contributed by atoms with E-state index in [2.05, 4.69) is 4.74 Å². The molecule has 0 bridgehead atoms. The molecule has 0 aromatic heterocycles. The van der Waals surface area contributed by atoms with Crippen molar-refractivity contribution >= 4 is 5.97 Å². The summed E-state index contributed by atoms with van der Waals surface area (Å²) in [6, 6.07) is 0. The van der Waals surface area contributed by atoms with Gasteiger partial charge >= 0.3 is 12.1 Å². The number of carbonyl (C=O) groups excluding carboxylic acids is 1. The van der Waals surface area contributed by atoms with Gasteiger partial charge in [-0.25, -0.2) is 4.79 Å². The van der Waals surface area contributed by atoms with E-state index in [9.17, 15) is 18.0 Å². The minimum atomic E-state index is -4.82. The molecule has 7 heteroatoms. The molecule has 0 aliphatic rings. The molecule has 0 amide bonds. The Morgan fingerprint density at radius 3 is 2.21 bits per heavy atom. The average molecular weight is 214 g/mol. The molecule has 0 spiro atoms. The number of hydrogen-bond donors (Lipinski definition) is 2. The molecular weight excluding hydrogens is 201 g/mol. The van der Waals surface area contributed by atoms with E-state index in [0.717, 1.165) is 7.11 Å². The topological polar surface area (TPSA) is 78.3 Å². The van der Waals surface area contributed by atoms with Crippen LogP contribution in [0.1, 0.15) is 12.8 Å². The Labute approximate surface area is 79.4 Å². The lowest BCUT2D eigenvalue weighted by Gasteiger charge is -2.28. The van der Waals surface area contributed by atoms with Gasteiger partial charge in [-0.05, 0) is 19.4 Å². The maximum absolute atomic E-state index is 12.4. The maximum Gasteiger partial charge on any atom is 0.417 e. The minimum absolute atomic E-state index is 0.00507. The number of nitrogens with two attached hydrogens (primary N) is 2. The van der Waals surface area contributed by atoms with Crippen LogP contribution < -0.4 is 11.5 Å². The summed E-state index contributed by atoms with van der Waals surface area (Å²) in [4.78, 5) is 10.9. The Kier molecular flexibility index (Phi) is 4.34. The number of hydrogen-bond acceptors (Lipinski definition) is 4. The summed E-state index contributed by atoms with van der Waals surface area (Å²) in [5, 5.41) is 0. The summed E-state index contributed by atoms with van der Waals surface area (Å²) >= 11 is 0. The molecule has 0 aromatic rings. The van der Waals surface area contributed by atoms with Crippen LogP contribution in [-0.4, -0.2) is 31.3 Å². The van der Waals surface area contributed by atoms with Crippen LogP contribution in [0.15, 0.2) is 0 Å². The van der Waals surface area contributed by atoms with Gasteiger partial charge < -0.3 is 16.2 Å². The SMILES string of the molecule is COC(=O)[C@](N)(CCCN)C(F)(F)F. The van der Waals surface area contributed by atoms with E-state index in [-0.39, 0.29) is 13.0 Å². The second kappa shape index (κ2) is 4.61. The molecule has 0 saturated heterocycles. The molecule has 0 rings (SSSR count). The Balaban J connectivity index is 4.76. The van der Waals surface area contributed by atoms with E-state index in [4.69, 9.17) is 11.5 Å². The number of halogens is 3. The van der Waals surface area contributed by atoms with Crippen LogP contribution in [0.3, 0.4) is 0 Å². The highest BCUT2D eigenvalue weighted by molar-refractivity contribution is 5.81.